The van der Waals surface area contributed by atoms with Crippen molar-refractivity contribution in [2.75, 3.05) is 5.32 Å². The summed E-state index contributed by atoms with van der Waals surface area (Å²) >= 11 is 3.32. The van der Waals surface area contributed by atoms with Crippen LogP contribution >= 0.6 is 15.9 Å². The third-order valence-electron chi connectivity index (χ3n) is 3.56. The smallest absolute Gasteiger partial charge is 0.230 e. The van der Waals surface area contributed by atoms with E-state index in [2.05, 4.69) is 33.2 Å². The zero-order chi connectivity index (χ0) is 12.5. The molecular formula is C13H17BrN2O. The number of hydrogen-bond acceptors (Lipinski definition) is 2. The molecule has 0 atom stereocenters. The molecule has 0 spiro atoms. The Labute approximate surface area is 110 Å². The Morgan fingerprint density at radius 1 is 1.41 bits per heavy atom. The third kappa shape index (κ3) is 2.68. The summed E-state index contributed by atoms with van der Waals surface area (Å²) in [6, 6.07) is 3.74. The van der Waals surface area contributed by atoms with Crippen molar-refractivity contribution in [1.82, 2.24) is 4.98 Å². The maximum absolute atomic E-state index is 12.2. The summed E-state index contributed by atoms with van der Waals surface area (Å²) in [6.07, 6.45) is 4.28. The van der Waals surface area contributed by atoms with Crippen LogP contribution in [0.3, 0.4) is 0 Å². The van der Waals surface area contributed by atoms with Crippen molar-refractivity contribution in [2.45, 2.75) is 39.5 Å². The summed E-state index contributed by atoms with van der Waals surface area (Å²) in [4.78, 5) is 16.5. The van der Waals surface area contributed by atoms with Crippen molar-refractivity contribution in [2.24, 2.45) is 5.41 Å². The second-order valence-electron chi connectivity index (χ2n) is 4.99. The lowest BCUT2D eigenvalue weighted by Crippen LogP contribution is -2.31. The van der Waals surface area contributed by atoms with Crippen LogP contribution in [0.15, 0.2) is 16.7 Å². The van der Waals surface area contributed by atoms with Crippen molar-refractivity contribution in [3.63, 3.8) is 0 Å². The van der Waals surface area contributed by atoms with Crippen molar-refractivity contribution < 1.29 is 4.79 Å². The van der Waals surface area contributed by atoms with Gasteiger partial charge in [-0.3, -0.25) is 4.79 Å². The van der Waals surface area contributed by atoms with Gasteiger partial charge >= 0.3 is 0 Å². The zero-order valence-electron chi connectivity index (χ0n) is 10.2. The minimum atomic E-state index is -0.195. The van der Waals surface area contributed by atoms with E-state index in [4.69, 9.17) is 0 Å². The Morgan fingerprint density at radius 3 is 2.65 bits per heavy atom. The number of pyridine rings is 1. The Bertz CT molecular complexity index is 439. The normalized spacial score (nSPS) is 18.1. The summed E-state index contributed by atoms with van der Waals surface area (Å²) in [5.74, 6) is 0.127. The first-order valence-electron chi connectivity index (χ1n) is 5.96. The molecule has 1 aliphatic rings. The molecule has 0 aromatic carbocycles. The highest BCUT2D eigenvalue weighted by molar-refractivity contribution is 9.10. The lowest BCUT2D eigenvalue weighted by atomic mass is 9.88. The zero-order valence-corrected chi connectivity index (χ0v) is 11.8. The Balaban J connectivity index is 2.13. The van der Waals surface area contributed by atoms with E-state index in [0.29, 0.717) is 0 Å². The summed E-state index contributed by atoms with van der Waals surface area (Å²) in [7, 11) is 0. The molecular weight excluding hydrogens is 280 g/mol. The van der Waals surface area contributed by atoms with Gasteiger partial charge in [0.1, 0.15) is 4.60 Å². The highest BCUT2D eigenvalue weighted by atomic mass is 79.9. The number of anilines is 1. The molecule has 0 unspecified atom stereocenters. The topological polar surface area (TPSA) is 42.0 Å². The standard InChI is InChI=1S/C13H17BrN2O/c1-9-10(5-6-11(14)15-9)16-12(17)13(2)7-3-4-8-13/h5-6H,3-4,7-8H2,1-2H3,(H,16,17). The molecule has 2 rings (SSSR count). The van der Waals surface area contributed by atoms with Gasteiger partial charge in [-0.05, 0) is 47.8 Å². The Morgan fingerprint density at radius 2 is 2.06 bits per heavy atom. The fraction of sp³-hybridized carbons (Fsp3) is 0.538. The molecule has 0 aliphatic heterocycles. The largest absolute Gasteiger partial charge is 0.324 e. The SMILES string of the molecule is Cc1nc(Br)ccc1NC(=O)C1(C)CCCC1. The predicted octanol–water partition coefficient (Wildman–Crippen LogP) is 3.67. The summed E-state index contributed by atoms with van der Waals surface area (Å²) in [5.41, 5.74) is 1.46. The van der Waals surface area contributed by atoms with Gasteiger partial charge in [0.2, 0.25) is 5.91 Å². The van der Waals surface area contributed by atoms with E-state index in [-0.39, 0.29) is 11.3 Å². The van der Waals surface area contributed by atoms with Crippen molar-refractivity contribution in [3.05, 3.63) is 22.4 Å². The fourth-order valence-corrected chi connectivity index (χ4v) is 2.72. The molecule has 0 saturated heterocycles. The number of carbonyl (C=O) groups excluding carboxylic acids is 1. The van der Waals surface area contributed by atoms with Crippen LogP contribution < -0.4 is 5.32 Å². The maximum atomic E-state index is 12.2. The average Bonchev–Trinajstić information content (AvgIpc) is 2.71. The van der Waals surface area contributed by atoms with Gasteiger partial charge in [-0.15, -0.1) is 0 Å². The van der Waals surface area contributed by atoms with Gasteiger partial charge in [0.05, 0.1) is 11.4 Å². The molecule has 1 amide bonds. The number of rotatable bonds is 2. The fourth-order valence-electron chi connectivity index (χ4n) is 2.32. The molecule has 4 heteroatoms. The van der Waals surface area contributed by atoms with Crippen molar-refractivity contribution in [1.29, 1.82) is 0 Å². The molecule has 0 bridgehead atoms. The summed E-state index contributed by atoms with van der Waals surface area (Å²) < 4.78 is 0.792. The third-order valence-corrected chi connectivity index (χ3v) is 4.00. The second-order valence-corrected chi connectivity index (χ2v) is 5.80. The van der Waals surface area contributed by atoms with Gasteiger partial charge in [0, 0.05) is 5.41 Å². The molecule has 92 valence electrons. The number of hydrogen-bond donors (Lipinski definition) is 1. The van der Waals surface area contributed by atoms with E-state index in [1.807, 2.05) is 19.1 Å². The number of amides is 1. The number of carbonyl (C=O) groups is 1. The van der Waals surface area contributed by atoms with Crippen LogP contribution in [0.25, 0.3) is 0 Å². The van der Waals surface area contributed by atoms with Crippen molar-refractivity contribution in [3.8, 4) is 0 Å². The molecule has 0 radical (unpaired) electrons. The first-order valence-corrected chi connectivity index (χ1v) is 6.75. The molecule has 1 aromatic heterocycles. The average molecular weight is 297 g/mol. The van der Waals surface area contributed by atoms with E-state index in [1.165, 1.54) is 0 Å². The number of halogens is 1. The molecule has 1 aliphatic carbocycles. The van der Waals surface area contributed by atoms with Crippen molar-refractivity contribution >= 4 is 27.5 Å². The first-order chi connectivity index (χ1) is 8.01. The quantitative estimate of drug-likeness (QED) is 0.846. The van der Waals surface area contributed by atoms with Crippen LogP contribution in [0.2, 0.25) is 0 Å². The Hall–Kier alpha value is -0.900. The van der Waals surface area contributed by atoms with E-state index in [0.717, 1.165) is 41.7 Å². The summed E-state index contributed by atoms with van der Waals surface area (Å²) in [6.45, 7) is 3.95. The van der Waals surface area contributed by atoms with E-state index in [9.17, 15) is 4.79 Å². The first kappa shape index (κ1) is 12.6. The second kappa shape index (κ2) is 4.77. The monoisotopic (exact) mass is 296 g/mol. The molecule has 1 fully saturated rings. The molecule has 1 N–H and O–H groups in total. The highest BCUT2D eigenvalue weighted by Crippen LogP contribution is 2.38. The minimum absolute atomic E-state index is 0.127. The van der Waals surface area contributed by atoms with E-state index < -0.39 is 0 Å². The Kier molecular flexibility index (Phi) is 3.52. The molecule has 1 aromatic rings. The van der Waals surface area contributed by atoms with Gasteiger partial charge < -0.3 is 5.32 Å². The van der Waals surface area contributed by atoms with E-state index >= 15 is 0 Å². The summed E-state index contributed by atoms with van der Waals surface area (Å²) in [5, 5.41) is 3.00. The predicted molar refractivity (Wildman–Crippen MR) is 71.9 cm³/mol. The lowest BCUT2D eigenvalue weighted by Gasteiger charge is -2.22. The minimum Gasteiger partial charge on any atom is -0.324 e. The van der Waals surface area contributed by atoms with Crippen LogP contribution in [0.1, 0.15) is 38.3 Å². The highest BCUT2D eigenvalue weighted by Gasteiger charge is 2.36. The van der Waals surface area contributed by atoms with Crippen LogP contribution in [0, 0.1) is 12.3 Å². The van der Waals surface area contributed by atoms with Crippen LogP contribution in [0.5, 0.6) is 0 Å². The van der Waals surface area contributed by atoms with Gasteiger partial charge in [-0.25, -0.2) is 4.98 Å². The van der Waals surface area contributed by atoms with E-state index in [1.54, 1.807) is 0 Å². The van der Waals surface area contributed by atoms with Gasteiger partial charge in [-0.1, -0.05) is 19.8 Å². The number of aromatic nitrogens is 1. The van der Waals surface area contributed by atoms with Gasteiger partial charge in [-0.2, -0.15) is 0 Å². The maximum Gasteiger partial charge on any atom is 0.230 e. The van der Waals surface area contributed by atoms with Gasteiger partial charge in [0.25, 0.3) is 0 Å². The van der Waals surface area contributed by atoms with Crippen LogP contribution in [0.4, 0.5) is 5.69 Å². The number of nitrogens with one attached hydrogen (secondary N) is 1. The van der Waals surface area contributed by atoms with Gasteiger partial charge in [0.15, 0.2) is 0 Å². The molecule has 17 heavy (non-hydrogen) atoms. The number of aryl methyl sites for hydroxylation is 1. The van der Waals surface area contributed by atoms with Crippen LogP contribution in [-0.4, -0.2) is 10.9 Å². The molecule has 1 saturated carbocycles. The van der Waals surface area contributed by atoms with Crippen LogP contribution in [-0.2, 0) is 4.79 Å². The lowest BCUT2D eigenvalue weighted by molar-refractivity contribution is -0.124. The molecule has 3 nitrogen and oxygen atoms in total. The number of nitrogens with zero attached hydrogens (tertiary/aromatic N) is 1. The molecule has 1 heterocycles.